The summed E-state index contributed by atoms with van der Waals surface area (Å²) in [5.74, 6) is 2.61. The van der Waals surface area contributed by atoms with Crippen molar-refractivity contribution in [1.29, 1.82) is 0 Å². The van der Waals surface area contributed by atoms with Crippen LogP contribution in [0.3, 0.4) is 0 Å². The van der Waals surface area contributed by atoms with Crippen LogP contribution in [-0.4, -0.2) is 13.2 Å². The highest BCUT2D eigenvalue weighted by Gasteiger charge is 2.41. The van der Waals surface area contributed by atoms with Crippen LogP contribution in [0, 0.1) is 17.8 Å². The van der Waals surface area contributed by atoms with Gasteiger partial charge in [0, 0.05) is 0 Å². The highest BCUT2D eigenvalue weighted by atomic mass is 16.5. The summed E-state index contributed by atoms with van der Waals surface area (Å²) in [6, 6.07) is 0. The van der Waals surface area contributed by atoms with E-state index in [1.807, 2.05) is 6.92 Å². The van der Waals surface area contributed by atoms with Crippen molar-refractivity contribution in [2.75, 3.05) is 13.2 Å². The third-order valence-corrected chi connectivity index (χ3v) is 3.91. The first kappa shape index (κ1) is 10.9. The van der Waals surface area contributed by atoms with Crippen LogP contribution in [0.4, 0.5) is 0 Å². The van der Waals surface area contributed by atoms with Gasteiger partial charge in [0.05, 0.1) is 13.2 Å². The van der Waals surface area contributed by atoms with E-state index in [0.717, 1.165) is 36.5 Å². The average Bonchev–Trinajstić information content (AvgIpc) is 2.75. The second kappa shape index (κ2) is 4.52. The zero-order valence-electron chi connectivity index (χ0n) is 9.96. The molecule has 0 saturated heterocycles. The molecular formula is C14H22O. The van der Waals surface area contributed by atoms with Crippen LogP contribution in [0.1, 0.15) is 33.1 Å². The molecule has 2 saturated carbocycles. The van der Waals surface area contributed by atoms with Crippen LogP contribution in [0.15, 0.2) is 23.8 Å². The first-order chi connectivity index (χ1) is 7.20. The monoisotopic (exact) mass is 206 g/mol. The molecule has 3 atom stereocenters. The third kappa shape index (κ3) is 2.34. The van der Waals surface area contributed by atoms with Crippen molar-refractivity contribution in [3.63, 3.8) is 0 Å². The Balaban J connectivity index is 1.77. The van der Waals surface area contributed by atoms with E-state index in [1.54, 1.807) is 5.57 Å². The molecule has 0 heterocycles. The molecule has 1 nitrogen and oxygen atoms in total. The van der Waals surface area contributed by atoms with E-state index >= 15 is 0 Å². The highest BCUT2D eigenvalue weighted by Crippen LogP contribution is 2.51. The molecule has 0 aromatic carbocycles. The Bertz CT molecular complexity index is 277. The van der Waals surface area contributed by atoms with Crippen LogP contribution in [0.5, 0.6) is 0 Å². The van der Waals surface area contributed by atoms with Gasteiger partial charge in [0.1, 0.15) is 0 Å². The second-order valence-corrected chi connectivity index (χ2v) is 5.23. The summed E-state index contributed by atoms with van der Waals surface area (Å²) in [5, 5.41) is 0. The lowest BCUT2D eigenvalue weighted by Gasteiger charge is -2.23. The molecule has 2 bridgehead atoms. The summed E-state index contributed by atoms with van der Waals surface area (Å²) < 4.78 is 5.68. The molecule has 0 amide bonds. The summed E-state index contributed by atoms with van der Waals surface area (Å²) in [5.41, 5.74) is 2.84. The Kier molecular flexibility index (Phi) is 3.30. The first-order valence-electron chi connectivity index (χ1n) is 6.08. The number of ether oxygens (including phenoxy) is 1. The Labute approximate surface area is 93.2 Å². The Morgan fingerprint density at radius 3 is 2.87 bits per heavy atom. The van der Waals surface area contributed by atoms with Gasteiger partial charge in [0.2, 0.25) is 0 Å². The fourth-order valence-electron chi connectivity index (χ4n) is 3.18. The maximum atomic E-state index is 5.68. The molecule has 2 fully saturated rings. The lowest BCUT2D eigenvalue weighted by Crippen LogP contribution is -2.18. The molecule has 0 aliphatic heterocycles. The predicted octanol–water partition coefficient (Wildman–Crippen LogP) is 3.57. The minimum absolute atomic E-state index is 0.740. The summed E-state index contributed by atoms with van der Waals surface area (Å²) in [6.07, 6.45) is 6.44. The van der Waals surface area contributed by atoms with Crippen molar-refractivity contribution in [2.24, 2.45) is 17.8 Å². The highest BCUT2D eigenvalue weighted by molar-refractivity contribution is 5.17. The van der Waals surface area contributed by atoms with Crippen molar-refractivity contribution in [1.82, 2.24) is 0 Å². The lowest BCUT2D eigenvalue weighted by molar-refractivity contribution is 0.0985. The zero-order valence-corrected chi connectivity index (χ0v) is 9.96. The van der Waals surface area contributed by atoms with Gasteiger partial charge in [-0.15, -0.1) is 0 Å². The number of rotatable bonds is 4. The Morgan fingerprint density at radius 2 is 2.33 bits per heavy atom. The number of hydrogen-bond acceptors (Lipinski definition) is 1. The molecule has 2 aliphatic carbocycles. The number of allylic oxidation sites excluding steroid dienone is 2. The first-order valence-corrected chi connectivity index (χ1v) is 6.08. The molecule has 0 aromatic heterocycles. The Morgan fingerprint density at radius 1 is 1.53 bits per heavy atom. The standard InChI is InChI=1S/C14H22O/c1-4-11-5-13-6-12(11)7-14(13)9-15-8-10(2)3/h4,12-14H,2,5-9H2,1,3H3. The average molecular weight is 206 g/mol. The van der Waals surface area contributed by atoms with Crippen LogP contribution < -0.4 is 0 Å². The van der Waals surface area contributed by atoms with Gasteiger partial charge in [0.25, 0.3) is 0 Å². The molecule has 15 heavy (non-hydrogen) atoms. The Hall–Kier alpha value is -0.560. The summed E-state index contributed by atoms with van der Waals surface area (Å²) in [7, 11) is 0. The molecule has 1 heteroatoms. The SMILES string of the molecule is C=C(C)COCC1CC2CC1CC2=CC. The maximum absolute atomic E-state index is 5.68. The van der Waals surface area contributed by atoms with Crippen LogP contribution >= 0.6 is 0 Å². The lowest BCUT2D eigenvalue weighted by atomic mass is 9.86. The topological polar surface area (TPSA) is 9.23 Å². The van der Waals surface area contributed by atoms with Gasteiger partial charge >= 0.3 is 0 Å². The largest absolute Gasteiger partial charge is 0.377 e. The fraction of sp³-hybridized carbons (Fsp3) is 0.714. The molecule has 0 aromatic rings. The van der Waals surface area contributed by atoms with E-state index in [1.165, 1.54) is 19.3 Å². The van der Waals surface area contributed by atoms with E-state index < -0.39 is 0 Å². The third-order valence-electron chi connectivity index (χ3n) is 3.91. The second-order valence-electron chi connectivity index (χ2n) is 5.23. The van der Waals surface area contributed by atoms with Crippen molar-refractivity contribution in [3.05, 3.63) is 23.8 Å². The van der Waals surface area contributed by atoms with Gasteiger partial charge in [-0.3, -0.25) is 0 Å². The van der Waals surface area contributed by atoms with Gasteiger partial charge in [0.15, 0.2) is 0 Å². The smallest absolute Gasteiger partial charge is 0.0671 e. The van der Waals surface area contributed by atoms with E-state index in [2.05, 4.69) is 19.6 Å². The summed E-state index contributed by atoms with van der Waals surface area (Å²) >= 11 is 0. The van der Waals surface area contributed by atoms with Crippen molar-refractivity contribution in [2.45, 2.75) is 33.1 Å². The van der Waals surface area contributed by atoms with Crippen LogP contribution in [0.25, 0.3) is 0 Å². The molecule has 84 valence electrons. The van der Waals surface area contributed by atoms with Crippen LogP contribution in [-0.2, 0) is 4.74 Å². The zero-order chi connectivity index (χ0) is 10.8. The van der Waals surface area contributed by atoms with E-state index in [0.29, 0.717) is 0 Å². The van der Waals surface area contributed by atoms with E-state index in [-0.39, 0.29) is 0 Å². The molecule has 0 radical (unpaired) electrons. The quantitative estimate of drug-likeness (QED) is 0.639. The van der Waals surface area contributed by atoms with E-state index in [9.17, 15) is 0 Å². The van der Waals surface area contributed by atoms with Crippen molar-refractivity contribution < 1.29 is 4.74 Å². The molecule has 0 N–H and O–H groups in total. The summed E-state index contributed by atoms with van der Waals surface area (Å²) in [4.78, 5) is 0. The molecule has 2 aliphatic rings. The predicted molar refractivity (Wildman–Crippen MR) is 63.7 cm³/mol. The van der Waals surface area contributed by atoms with Crippen molar-refractivity contribution >= 4 is 0 Å². The number of fused-ring (bicyclic) bond motifs is 2. The van der Waals surface area contributed by atoms with Gasteiger partial charge in [-0.05, 0) is 50.9 Å². The summed E-state index contributed by atoms with van der Waals surface area (Å²) in [6.45, 7) is 9.76. The molecule has 2 rings (SSSR count). The maximum Gasteiger partial charge on any atom is 0.0671 e. The van der Waals surface area contributed by atoms with Gasteiger partial charge in [-0.1, -0.05) is 23.8 Å². The molecular weight excluding hydrogens is 184 g/mol. The minimum Gasteiger partial charge on any atom is -0.377 e. The number of hydrogen-bond donors (Lipinski definition) is 0. The van der Waals surface area contributed by atoms with Gasteiger partial charge in [-0.25, -0.2) is 0 Å². The fourth-order valence-corrected chi connectivity index (χ4v) is 3.18. The van der Waals surface area contributed by atoms with Gasteiger partial charge < -0.3 is 4.74 Å². The molecule has 0 spiro atoms. The molecule has 3 unspecified atom stereocenters. The van der Waals surface area contributed by atoms with Crippen molar-refractivity contribution in [3.8, 4) is 0 Å². The van der Waals surface area contributed by atoms with E-state index in [4.69, 9.17) is 4.74 Å². The minimum atomic E-state index is 0.740. The van der Waals surface area contributed by atoms with Gasteiger partial charge in [-0.2, -0.15) is 0 Å². The van der Waals surface area contributed by atoms with Crippen LogP contribution in [0.2, 0.25) is 0 Å². The normalized spacial score (nSPS) is 36.4.